The third-order valence-corrected chi connectivity index (χ3v) is 6.84. The summed E-state index contributed by atoms with van der Waals surface area (Å²) in [7, 11) is -1.30. The van der Waals surface area contributed by atoms with Crippen molar-refractivity contribution in [3.63, 3.8) is 0 Å². The Bertz CT molecular complexity index is 1000. The Morgan fingerprint density at radius 1 is 1.15 bits per heavy atom. The lowest BCUT2D eigenvalue weighted by atomic mass is 10.0. The molecule has 2 N–H and O–H groups in total. The number of β-amino-alcohol motifs (C(OH)–C–C–N with tert-alkyl or cyclic N) is 1. The zero-order valence-corrected chi connectivity index (χ0v) is 21.5. The van der Waals surface area contributed by atoms with Crippen molar-refractivity contribution in [2.24, 2.45) is 0 Å². The molecule has 2 aromatic carbocycles. The fourth-order valence-corrected chi connectivity index (χ4v) is 4.71. The Hall–Kier alpha value is -1.97. The molecular weight excluding hydrogens is 474 g/mol. The molecule has 1 aliphatic heterocycles. The van der Waals surface area contributed by atoms with Gasteiger partial charge < -0.3 is 10.0 Å². The molecule has 0 radical (unpaired) electrons. The summed E-state index contributed by atoms with van der Waals surface area (Å²) in [5.74, 6) is 0.0497. The molecule has 0 saturated carbocycles. The van der Waals surface area contributed by atoms with Gasteiger partial charge in [-0.25, -0.2) is 13.1 Å². The van der Waals surface area contributed by atoms with Crippen LogP contribution in [0.3, 0.4) is 0 Å². The summed E-state index contributed by atoms with van der Waals surface area (Å²) in [5.41, 5.74) is 3.16. The predicted molar refractivity (Wildman–Crippen MR) is 138 cm³/mol. The quantitative estimate of drug-likeness (QED) is 0.454. The largest absolute Gasteiger partial charge is 0.392 e. The van der Waals surface area contributed by atoms with Gasteiger partial charge in [0, 0.05) is 33.2 Å². The first-order chi connectivity index (χ1) is 15.7. The van der Waals surface area contributed by atoms with E-state index in [-0.39, 0.29) is 30.5 Å². The van der Waals surface area contributed by atoms with E-state index in [0.29, 0.717) is 26.1 Å². The van der Waals surface area contributed by atoms with Crippen molar-refractivity contribution in [3.05, 3.63) is 71.3 Å². The van der Waals surface area contributed by atoms with Crippen LogP contribution in [0.15, 0.2) is 54.6 Å². The maximum atomic E-state index is 13.1. The Labute approximate surface area is 209 Å². The van der Waals surface area contributed by atoms with E-state index in [1.165, 1.54) is 0 Å². The minimum Gasteiger partial charge on any atom is -0.392 e. The number of likely N-dealkylation sites (N-methyl/N-ethyl adjacent to an activating group) is 1. The van der Waals surface area contributed by atoms with Crippen LogP contribution in [0.5, 0.6) is 0 Å². The van der Waals surface area contributed by atoms with E-state index < -0.39 is 10.0 Å². The molecule has 1 fully saturated rings. The van der Waals surface area contributed by atoms with Crippen LogP contribution in [0.4, 0.5) is 0 Å². The molecule has 0 spiro atoms. The van der Waals surface area contributed by atoms with Crippen molar-refractivity contribution in [3.8, 4) is 0 Å². The van der Waals surface area contributed by atoms with Gasteiger partial charge in [-0.2, -0.15) is 0 Å². The van der Waals surface area contributed by atoms with Crippen molar-refractivity contribution in [2.75, 3.05) is 39.5 Å². The number of nitrogens with zero attached hydrogens (tertiary/aromatic N) is 2. The second-order valence-corrected chi connectivity index (χ2v) is 10.7. The van der Waals surface area contributed by atoms with E-state index in [1.807, 2.05) is 66.5 Å². The molecule has 0 bridgehead atoms. The Kier molecular flexibility index (Phi) is 11.0. The van der Waals surface area contributed by atoms with Gasteiger partial charge in [0.15, 0.2) is 0 Å². The number of nitrogens with one attached hydrogen (secondary N) is 1. The van der Waals surface area contributed by atoms with Gasteiger partial charge in [-0.15, -0.1) is 12.4 Å². The first-order valence-corrected chi connectivity index (χ1v) is 13.3. The van der Waals surface area contributed by atoms with Crippen molar-refractivity contribution in [1.29, 1.82) is 0 Å². The third kappa shape index (κ3) is 9.00. The monoisotopic (exact) mass is 509 g/mol. The van der Waals surface area contributed by atoms with E-state index in [4.69, 9.17) is 0 Å². The van der Waals surface area contributed by atoms with Crippen molar-refractivity contribution < 1.29 is 18.3 Å². The second-order valence-electron chi connectivity index (χ2n) is 8.90. The van der Waals surface area contributed by atoms with Gasteiger partial charge in [0.25, 0.3) is 0 Å². The topological polar surface area (TPSA) is 90.0 Å². The number of rotatable bonds is 11. The highest BCUT2D eigenvalue weighted by Gasteiger charge is 2.28. The molecule has 34 heavy (non-hydrogen) atoms. The smallest absolute Gasteiger partial charge is 0.227 e. The first kappa shape index (κ1) is 28.3. The lowest BCUT2D eigenvalue weighted by Crippen LogP contribution is -2.39. The predicted octanol–water partition coefficient (Wildman–Crippen LogP) is 2.40. The van der Waals surface area contributed by atoms with Crippen LogP contribution in [0, 0.1) is 0 Å². The van der Waals surface area contributed by atoms with Crippen LogP contribution in [0.1, 0.15) is 35.6 Å². The summed E-state index contributed by atoms with van der Waals surface area (Å²) in [4.78, 5) is 17.2. The zero-order chi connectivity index (χ0) is 23.8. The minimum absolute atomic E-state index is 0. The SMILES string of the molecule is CN(C(=O)Cc1ccc(CCCNS(C)(=O)=O)cc1)C(CN1CCC(O)C1)c1ccccc1.Cl. The van der Waals surface area contributed by atoms with Crippen molar-refractivity contribution >= 4 is 28.3 Å². The maximum absolute atomic E-state index is 13.1. The second kappa shape index (κ2) is 13.2. The molecule has 0 aliphatic carbocycles. The number of carbonyl (C=O) groups excluding carboxylic acids is 1. The normalized spacial score (nSPS) is 17.2. The van der Waals surface area contributed by atoms with Gasteiger partial charge in [0.1, 0.15) is 0 Å². The molecule has 2 atom stereocenters. The highest BCUT2D eigenvalue weighted by atomic mass is 35.5. The van der Waals surface area contributed by atoms with Gasteiger partial charge in [0.05, 0.1) is 24.8 Å². The number of carbonyl (C=O) groups is 1. The lowest BCUT2D eigenvalue weighted by molar-refractivity contribution is -0.131. The van der Waals surface area contributed by atoms with E-state index in [1.54, 1.807) is 0 Å². The van der Waals surface area contributed by atoms with Gasteiger partial charge in [-0.3, -0.25) is 9.69 Å². The number of aliphatic hydroxyl groups is 1. The Morgan fingerprint density at radius 3 is 2.38 bits per heavy atom. The number of halogens is 1. The van der Waals surface area contributed by atoms with Crippen molar-refractivity contribution in [1.82, 2.24) is 14.5 Å². The van der Waals surface area contributed by atoms with Crippen LogP contribution in [0.25, 0.3) is 0 Å². The molecule has 188 valence electrons. The summed E-state index contributed by atoms with van der Waals surface area (Å²) in [6.07, 6.45) is 3.45. The maximum Gasteiger partial charge on any atom is 0.227 e. The number of aliphatic hydroxyl groups excluding tert-OH is 1. The molecule has 1 heterocycles. The summed E-state index contributed by atoms with van der Waals surface area (Å²) in [6.45, 7) is 2.60. The van der Waals surface area contributed by atoms with Gasteiger partial charge >= 0.3 is 0 Å². The molecule has 1 aliphatic rings. The van der Waals surface area contributed by atoms with E-state index in [0.717, 1.165) is 48.8 Å². The third-order valence-electron chi connectivity index (χ3n) is 6.11. The van der Waals surface area contributed by atoms with Crippen LogP contribution in [0.2, 0.25) is 0 Å². The highest BCUT2D eigenvalue weighted by Crippen LogP contribution is 2.24. The molecule has 1 amide bonds. The molecule has 7 nitrogen and oxygen atoms in total. The van der Waals surface area contributed by atoms with Crippen LogP contribution >= 0.6 is 12.4 Å². The molecule has 1 saturated heterocycles. The Balaban J connectivity index is 0.00000408. The number of benzene rings is 2. The number of hydrogen-bond acceptors (Lipinski definition) is 5. The number of hydrogen-bond donors (Lipinski definition) is 2. The summed E-state index contributed by atoms with van der Waals surface area (Å²) in [6, 6.07) is 17.9. The number of amides is 1. The summed E-state index contributed by atoms with van der Waals surface area (Å²) < 4.78 is 24.8. The van der Waals surface area contributed by atoms with Crippen LogP contribution < -0.4 is 4.72 Å². The van der Waals surface area contributed by atoms with Crippen molar-refractivity contribution in [2.45, 2.75) is 37.8 Å². The lowest BCUT2D eigenvalue weighted by Gasteiger charge is -2.32. The average Bonchev–Trinajstić information content (AvgIpc) is 3.20. The number of aryl methyl sites for hydroxylation is 1. The fourth-order valence-electron chi connectivity index (χ4n) is 4.20. The highest BCUT2D eigenvalue weighted by molar-refractivity contribution is 7.88. The standard InChI is InChI=1S/C25H35N3O4S.ClH/c1-27(24(22-8-4-3-5-9-22)19-28-16-14-23(29)18-28)25(30)17-21-12-10-20(11-13-21)7-6-15-26-33(2,31)32;/h3-5,8-13,23-24,26,29H,6-7,14-19H2,1-2H3;1H. The van der Waals surface area contributed by atoms with E-state index in [2.05, 4.69) is 9.62 Å². The van der Waals surface area contributed by atoms with Gasteiger partial charge in [-0.05, 0) is 36.0 Å². The van der Waals surface area contributed by atoms with Gasteiger partial charge in [0.2, 0.25) is 15.9 Å². The molecule has 9 heteroatoms. The molecule has 2 unspecified atom stereocenters. The minimum atomic E-state index is -3.15. The summed E-state index contributed by atoms with van der Waals surface area (Å²) >= 11 is 0. The van der Waals surface area contributed by atoms with E-state index in [9.17, 15) is 18.3 Å². The van der Waals surface area contributed by atoms with Gasteiger partial charge in [-0.1, -0.05) is 54.6 Å². The average molecular weight is 510 g/mol. The Morgan fingerprint density at radius 2 is 1.79 bits per heavy atom. The van der Waals surface area contributed by atoms with Crippen LogP contribution in [-0.4, -0.2) is 74.8 Å². The molecule has 2 aromatic rings. The van der Waals surface area contributed by atoms with E-state index >= 15 is 0 Å². The van der Waals surface area contributed by atoms with Crippen LogP contribution in [-0.2, 0) is 27.7 Å². The molecule has 0 aromatic heterocycles. The molecule has 3 rings (SSSR count). The zero-order valence-electron chi connectivity index (χ0n) is 19.9. The molecular formula is C25H36ClN3O4S. The number of sulfonamides is 1. The summed E-state index contributed by atoms with van der Waals surface area (Å²) in [5, 5.41) is 9.90. The first-order valence-electron chi connectivity index (χ1n) is 11.4. The fraction of sp³-hybridized carbons (Fsp3) is 0.480. The number of likely N-dealkylation sites (tertiary alicyclic amines) is 1.